The van der Waals surface area contributed by atoms with Gasteiger partial charge < -0.3 is 29.1 Å². The summed E-state index contributed by atoms with van der Waals surface area (Å²) < 4.78 is 17.4. The van der Waals surface area contributed by atoms with Crippen molar-refractivity contribution in [2.24, 2.45) is 0 Å². The number of unbranched alkanes of at least 4 members (excludes halogenated alkanes) is 2. The average Bonchev–Trinajstić information content (AvgIpc) is 3.16. The van der Waals surface area contributed by atoms with Gasteiger partial charge in [-0.1, -0.05) is 25.8 Å². The van der Waals surface area contributed by atoms with Crippen molar-refractivity contribution in [3.63, 3.8) is 0 Å². The fraction of sp³-hybridized carbons (Fsp3) is 0.467. The minimum atomic E-state index is -0.769. The maximum atomic E-state index is 13.3. The van der Waals surface area contributed by atoms with Crippen LogP contribution >= 0.6 is 0 Å². The lowest BCUT2D eigenvalue weighted by molar-refractivity contribution is -0.140. The Morgan fingerprint density at radius 2 is 1.63 bits per heavy atom. The topological polar surface area (TPSA) is 88.5 Å². The number of carbonyl (C=O) groups excluding carboxylic acids is 2. The van der Waals surface area contributed by atoms with Gasteiger partial charge in [-0.25, -0.2) is 0 Å². The van der Waals surface area contributed by atoms with Gasteiger partial charge in [0.25, 0.3) is 11.7 Å². The van der Waals surface area contributed by atoms with Gasteiger partial charge in [0.2, 0.25) is 0 Å². The largest absolute Gasteiger partial charge is 0.507 e. The van der Waals surface area contributed by atoms with Crippen LogP contribution < -0.4 is 14.2 Å². The van der Waals surface area contributed by atoms with Crippen LogP contribution in [0.1, 0.15) is 57.2 Å². The second-order valence-corrected chi connectivity index (χ2v) is 9.45. The molecule has 3 rings (SSSR count). The third kappa shape index (κ3) is 6.86. The highest BCUT2D eigenvalue weighted by molar-refractivity contribution is 6.46. The fourth-order valence-electron chi connectivity index (χ4n) is 4.41. The van der Waals surface area contributed by atoms with Crippen LogP contribution in [0.4, 0.5) is 0 Å². The number of hydrogen-bond acceptors (Lipinski definition) is 7. The number of amides is 1. The van der Waals surface area contributed by atoms with Crippen molar-refractivity contribution < 1.29 is 28.9 Å². The Labute approximate surface area is 225 Å². The quantitative estimate of drug-likeness (QED) is 0.160. The molecule has 1 fully saturated rings. The summed E-state index contributed by atoms with van der Waals surface area (Å²) >= 11 is 0. The molecule has 1 atom stereocenters. The second kappa shape index (κ2) is 13.9. The molecule has 0 radical (unpaired) electrons. The molecular formula is C30H40N2O6. The lowest BCUT2D eigenvalue weighted by atomic mass is 9.95. The Hall–Kier alpha value is -3.52. The first-order chi connectivity index (χ1) is 18.3. The minimum absolute atomic E-state index is 0.0528. The molecular weight excluding hydrogens is 484 g/mol. The smallest absolute Gasteiger partial charge is 0.295 e. The van der Waals surface area contributed by atoms with Crippen LogP contribution in [-0.2, 0) is 9.59 Å². The summed E-state index contributed by atoms with van der Waals surface area (Å²) in [5, 5.41) is 11.3. The summed E-state index contributed by atoms with van der Waals surface area (Å²) in [4.78, 5) is 30.0. The first-order valence-corrected chi connectivity index (χ1v) is 13.4. The maximum absolute atomic E-state index is 13.3. The Kier molecular flexibility index (Phi) is 10.6. The van der Waals surface area contributed by atoms with Crippen LogP contribution in [0, 0.1) is 0 Å². The summed E-state index contributed by atoms with van der Waals surface area (Å²) in [6.45, 7) is 8.33. The summed E-state index contributed by atoms with van der Waals surface area (Å²) in [7, 11) is 3.81. The molecule has 0 spiro atoms. The molecule has 2 aromatic rings. The molecule has 1 heterocycles. The Morgan fingerprint density at radius 1 is 0.921 bits per heavy atom. The number of nitrogens with zero attached hydrogens (tertiary/aromatic N) is 2. The zero-order chi connectivity index (χ0) is 27.7. The third-order valence-corrected chi connectivity index (χ3v) is 6.36. The zero-order valence-electron chi connectivity index (χ0n) is 23.2. The highest BCUT2D eigenvalue weighted by atomic mass is 16.5. The van der Waals surface area contributed by atoms with E-state index in [9.17, 15) is 14.7 Å². The van der Waals surface area contributed by atoms with Crippen LogP contribution in [0.15, 0.2) is 48.0 Å². The van der Waals surface area contributed by atoms with Crippen molar-refractivity contribution in [2.45, 2.75) is 46.1 Å². The van der Waals surface area contributed by atoms with Gasteiger partial charge in [-0.2, -0.15) is 0 Å². The van der Waals surface area contributed by atoms with Crippen LogP contribution in [0.2, 0.25) is 0 Å². The van der Waals surface area contributed by atoms with Gasteiger partial charge in [-0.15, -0.1) is 0 Å². The van der Waals surface area contributed by atoms with Gasteiger partial charge in [0.05, 0.1) is 31.4 Å². The lowest BCUT2D eigenvalue weighted by Gasteiger charge is -2.27. The Balaban J connectivity index is 2.07. The van der Waals surface area contributed by atoms with E-state index in [1.807, 2.05) is 51.0 Å². The number of likely N-dealkylation sites (N-methyl/N-ethyl adjacent to an activating group) is 1. The van der Waals surface area contributed by atoms with E-state index < -0.39 is 17.7 Å². The number of aliphatic hydroxyl groups is 1. The average molecular weight is 525 g/mol. The van der Waals surface area contributed by atoms with Gasteiger partial charge in [-0.3, -0.25) is 9.59 Å². The second-order valence-electron chi connectivity index (χ2n) is 9.45. The van der Waals surface area contributed by atoms with Crippen LogP contribution in [-0.4, -0.2) is 73.6 Å². The fourth-order valence-corrected chi connectivity index (χ4v) is 4.41. The van der Waals surface area contributed by atoms with E-state index in [1.54, 1.807) is 24.3 Å². The normalized spacial score (nSPS) is 16.8. The van der Waals surface area contributed by atoms with Crippen LogP contribution in [0.25, 0.3) is 5.76 Å². The lowest BCUT2D eigenvalue weighted by Crippen LogP contribution is -2.35. The predicted octanol–water partition coefficient (Wildman–Crippen LogP) is 5.04. The molecule has 8 nitrogen and oxygen atoms in total. The molecule has 1 aliphatic heterocycles. The van der Waals surface area contributed by atoms with E-state index in [4.69, 9.17) is 14.2 Å². The number of hydrogen-bond donors (Lipinski definition) is 1. The van der Waals surface area contributed by atoms with E-state index in [0.717, 1.165) is 19.3 Å². The van der Waals surface area contributed by atoms with Crippen molar-refractivity contribution in [3.8, 4) is 17.2 Å². The number of ketones is 1. The van der Waals surface area contributed by atoms with Crippen molar-refractivity contribution in [1.29, 1.82) is 0 Å². The zero-order valence-corrected chi connectivity index (χ0v) is 23.2. The molecule has 8 heteroatoms. The molecule has 0 aromatic heterocycles. The van der Waals surface area contributed by atoms with Gasteiger partial charge >= 0.3 is 0 Å². The van der Waals surface area contributed by atoms with Crippen molar-refractivity contribution in [3.05, 3.63) is 59.2 Å². The highest BCUT2D eigenvalue weighted by Crippen LogP contribution is 2.42. The molecule has 1 N–H and O–H groups in total. The number of rotatable bonds is 14. The molecule has 1 aliphatic rings. The van der Waals surface area contributed by atoms with E-state index >= 15 is 0 Å². The van der Waals surface area contributed by atoms with E-state index in [0.29, 0.717) is 61.3 Å². The SMILES string of the molecule is CCCCCOc1ccc(C2/C(=C(\O)c3ccc(OCC)cc3)C(=O)C(=O)N2CCN(C)C)cc1OCC. The maximum Gasteiger partial charge on any atom is 0.295 e. The first-order valence-electron chi connectivity index (χ1n) is 13.4. The monoisotopic (exact) mass is 524 g/mol. The standard InChI is InChI=1S/C30H40N2O6/c1-6-9-10-19-38-24-16-13-22(20-25(24)37-8-3)27-26(29(34)30(35)32(27)18-17-31(4)5)28(33)21-11-14-23(15-12-21)36-7-2/h11-16,20,27,33H,6-10,17-19H2,1-5H3/b28-26+. The van der Waals surface area contributed by atoms with Crippen LogP contribution in [0.5, 0.6) is 17.2 Å². The summed E-state index contributed by atoms with van der Waals surface area (Å²) in [6, 6.07) is 11.5. The van der Waals surface area contributed by atoms with Crippen molar-refractivity contribution >= 4 is 17.4 Å². The first kappa shape index (κ1) is 29.0. The molecule has 1 saturated heterocycles. The molecule has 1 unspecified atom stereocenters. The molecule has 0 bridgehead atoms. The summed E-state index contributed by atoms with van der Waals surface area (Å²) in [5.41, 5.74) is 1.15. The van der Waals surface area contributed by atoms with Gasteiger partial charge in [0.15, 0.2) is 11.5 Å². The van der Waals surface area contributed by atoms with Crippen LogP contribution in [0.3, 0.4) is 0 Å². The molecule has 2 aromatic carbocycles. The Bertz CT molecular complexity index is 1130. The number of carbonyl (C=O) groups is 2. The number of benzene rings is 2. The van der Waals surface area contributed by atoms with E-state index in [1.165, 1.54) is 4.90 Å². The number of ether oxygens (including phenoxy) is 3. The van der Waals surface area contributed by atoms with Crippen molar-refractivity contribution in [1.82, 2.24) is 9.80 Å². The van der Waals surface area contributed by atoms with E-state index in [-0.39, 0.29) is 11.3 Å². The van der Waals surface area contributed by atoms with Gasteiger partial charge in [0, 0.05) is 18.7 Å². The summed E-state index contributed by atoms with van der Waals surface area (Å²) in [5.74, 6) is 0.244. The minimum Gasteiger partial charge on any atom is -0.507 e. The number of aliphatic hydroxyl groups excluding tert-OH is 1. The highest BCUT2D eigenvalue weighted by Gasteiger charge is 2.46. The molecule has 1 amide bonds. The van der Waals surface area contributed by atoms with Gasteiger partial charge in [-0.05, 0) is 76.3 Å². The third-order valence-electron chi connectivity index (χ3n) is 6.36. The molecule has 0 saturated carbocycles. The Morgan fingerprint density at radius 3 is 2.26 bits per heavy atom. The predicted molar refractivity (Wildman–Crippen MR) is 148 cm³/mol. The van der Waals surface area contributed by atoms with Crippen molar-refractivity contribution in [2.75, 3.05) is 47.0 Å². The number of Topliss-reactive ketones (excluding diaryl/α,β-unsaturated/α-hetero) is 1. The van der Waals surface area contributed by atoms with E-state index in [2.05, 4.69) is 6.92 Å². The molecule has 206 valence electrons. The summed E-state index contributed by atoms with van der Waals surface area (Å²) in [6.07, 6.45) is 3.12. The molecule has 0 aliphatic carbocycles. The van der Waals surface area contributed by atoms with Gasteiger partial charge in [0.1, 0.15) is 11.5 Å². The number of likely N-dealkylation sites (tertiary alicyclic amines) is 1. The molecule has 38 heavy (non-hydrogen) atoms.